The van der Waals surface area contributed by atoms with Gasteiger partial charge in [-0.25, -0.2) is 0 Å². The molecule has 1 saturated heterocycles. The van der Waals surface area contributed by atoms with Crippen LogP contribution in [0.2, 0.25) is 0 Å². The molecule has 3 heteroatoms. The molecule has 1 atom stereocenters. The van der Waals surface area contributed by atoms with Crippen LogP contribution in [0.4, 0.5) is 0 Å². The minimum Gasteiger partial charge on any atom is -0.255 e. The van der Waals surface area contributed by atoms with Crippen LogP contribution in [0.25, 0.3) is 0 Å². The smallest absolute Gasteiger partial charge is 0.0138 e. The third-order valence-electron chi connectivity index (χ3n) is 1.72. The van der Waals surface area contributed by atoms with Crippen LogP contribution in [-0.4, -0.2) is 37.2 Å². The van der Waals surface area contributed by atoms with Gasteiger partial charge in [0.05, 0.1) is 0 Å². The second-order valence-corrected chi connectivity index (χ2v) is 4.14. The summed E-state index contributed by atoms with van der Waals surface area (Å²) in [5.74, 6) is 3.62. The molecule has 10 heavy (non-hydrogen) atoms. The van der Waals surface area contributed by atoms with Crippen LogP contribution in [0, 0.1) is 5.92 Å². The van der Waals surface area contributed by atoms with Crippen LogP contribution < -0.4 is 5.43 Å². The first kappa shape index (κ1) is 8.37. The van der Waals surface area contributed by atoms with Crippen molar-refractivity contribution in [3.63, 3.8) is 0 Å². The summed E-state index contributed by atoms with van der Waals surface area (Å²) in [4.78, 5) is 0. The monoisotopic (exact) mass is 160 g/mol. The number of nitrogens with zero attached hydrogens (tertiary/aromatic N) is 1. The molecule has 0 saturated carbocycles. The molecule has 1 rings (SSSR count). The molecule has 1 N–H and O–H groups in total. The molecule has 0 aromatic carbocycles. The summed E-state index contributed by atoms with van der Waals surface area (Å²) in [6, 6.07) is 0. The average Bonchev–Trinajstić information content (AvgIpc) is 2.34. The van der Waals surface area contributed by atoms with Crippen molar-refractivity contribution in [1.29, 1.82) is 0 Å². The molecule has 1 fully saturated rings. The largest absolute Gasteiger partial charge is 0.255 e. The first-order valence-corrected chi connectivity index (χ1v) is 4.93. The molecular weight excluding hydrogens is 144 g/mol. The standard InChI is InChI=1S/C7H16N2S/c1-9(2)8-5-7-3-4-10-6-7/h7-8H,3-6H2,1-2H3. The molecular formula is C7H16N2S. The van der Waals surface area contributed by atoms with E-state index in [1.165, 1.54) is 17.9 Å². The maximum absolute atomic E-state index is 3.31. The Hall–Kier alpha value is 0.270. The van der Waals surface area contributed by atoms with Crippen LogP contribution in [0.3, 0.4) is 0 Å². The van der Waals surface area contributed by atoms with Crippen molar-refractivity contribution in [2.45, 2.75) is 6.42 Å². The van der Waals surface area contributed by atoms with Gasteiger partial charge in [0.15, 0.2) is 0 Å². The highest BCUT2D eigenvalue weighted by molar-refractivity contribution is 7.99. The molecule has 2 nitrogen and oxygen atoms in total. The van der Waals surface area contributed by atoms with Gasteiger partial charge in [-0.3, -0.25) is 10.4 Å². The zero-order valence-electron chi connectivity index (χ0n) is 6.76. The number of hydrazine groups is 1. The zero-order chi connectivity index (χ0) is 7.40. The second-order valence-electron chi connectivity index (χ2n) is 2.99. The van der Waals surface area contributed by atoms with E-state index in [1.54, 1.807) is 0 Å². The van der Waals surface area contributed by atoms with Crippen LogP contribution in [0.5, 0.6) is 0 Å². The van der Waals surface area contributed by atoms with E-state index in [4.69, 9.17) is 0 Å². The van der Waals surface area contributed by atoms with Crippen LogP contribution in [0.15, 0.2) is 0 Å². The Kier molecular flexibility index (Phi) is 3.52. The molecule has 0 aliphatic carbocycles. The molecule has 0 amide bonds. The van der Waals surface area contributed by atoms with Crippen LogP contribution in [-0.2, 0) is 0 Å². The topological polar surface area (TPSA) is 15.3 Å². The molecule has 1 heterocycles. The fourth-order valence-electron chi connectivity index (χ4n) is 1.06. The fourth-order valence-corrected chi connectivity index (χ4v) is 2.34. The van der Waals surface area contributed by atoms with Crippen molar-refractivity contribution >= 4 is 11.8 Å². The van der Waals surface area contributed by atoms with E-state index >= 15 is 0 Å². The molecule has 0 aromatic heterocycles. The van der Waals surface area contributed by atoms with Gasteiger partial charge in [-0.05, 0) is 23.8 Å². The Morgan fingerprint density at radius 1 is 1.60 bits per heavy atom. The predicted molar refractivity (Wildman–Crippen MR) is 47.1 cm³/mol. The Balaban J connectivity index is 2.01. The van der Waals surface area contributed by atoms with Crippen molar-refractivity contribution in [2.24, 2.45) is 5.92 Å². The molecule has 1 aliphatic rings. The maximum atomic E-state index is 3.31. The normalized spacial score (nSPS) is 26.1. The van der Waals surface area contributed by atoms with Crippen LogP contribution >= 0.6 is 11.8 Å². The number of nitrogens with one attached hydrogen (secondary N) is 1. The molecule has 1 aliphatic heterocycles. The lowest BCUT2D eigenvalue weighted by molar-refractivity contribution is 0.268. The average molecular weight is 160 g/mol. The van der Waals surface area contributed by atoms with Gasteiger partial charge in [-0.1, -0.05) is 0 Å². The number of hydrogen-bond acceptors (Lipinski definition) is 3. The predicted octanol–water partition coefficient (Wildman–Crippen LogP) is 0.806. The number of thioether (sulfide) groups is 1. The van der Waals surface area contributed by atoms with Crippen molar-refractivity contribution in [1.82, 2.24) is 10.4 Å². The molecule has 0 spiro atoms. The van der Waals surface area contributed by atoms with Gasteiger partial charge < -0.3 is 0 Å². The summed E-state index contributed by atoms with van der Waals surface area (Å²) >= 11 is 2.08. The van der Waals surface area contributed by atoms with Gasteiger partial charge in [0, 0.05) is 20.6 Å². The highest BCUT2D eigenvalue weighted by atomic mass is 32.2. The fraction of sp³-hybridized carbons (Fsp3) is 1.00. The van der Waals surface area contributed by atoms with Gasteiger partial charge in [-0.2, -0.15) is 11.8 Å². The van der Waals surface area contributed by atoms with Crippen molar-refractivity contribution < 1.29 is 0 Å². The van der Waals surface area contributed by atoms with Gasteiger partial charge in [-0.15, -0.1) is 0 Å². The SMILES string of the molecule is CN(C)NCC1CCSC1. The van der Waals surface area contributed by atoms with E-state index in [0.29, 0.717) is 0 Å². The third kappa shape index (κ3) is 2.90. The van der Waals surface area contributed by atoms with Crippen molar-refractivity contribution in [2.75, 3.05) is 32.1 Å². The third-order valence-corrected chi connectivity index (χ3v) is 2.95. The minimum absolute atomic E-state index is 0.910. The zero-order valence-corrected chi connectivity index (χ0v) is 7.58. The quantitative estimate of drug-likeness (QED) is 0.615. The van der Waals surface area contributed by atoms with E-state index < -0.39 is 0 Å². The summed E-state index contributed by atoms with van der Waals surface area (Å²) in [5, 5.41) is 2.03. The number of rotatable bonds is 3. The van der Waals surface area contributed by atoms with E-state index in [2.05, 4.69) is 17.2 Å². The highest BCUT2D eigenvalue weighted by Gasteiger charge is 2.14. The van der Waals surface area contributed by atoms with Crippen molar-refractivity contribution in [3.05, 3.63) is 0 Å². The van der Waals surface area contributed by atoms with Gasteiger partial charge in [0.25, 0.3) is 0 Å². The summed E-state index contributed by atoms with van der Waals surface area (Å²) in [6.45, 7) is 1.15. The summed E-state index contributed by atoms with van der Waals surface area (Å²) in [6.07, 6.45) is 1.39. The van der Waals surface area contributed by atoms with E-state index in [0.717, 1.165) is 12.5 Å². The second kappa shape index (κ2) is 4.21. The summed E-state index contributed by atoms with van der Waals surface area (Å²) < 4.78 is 0. The molecule has 0 aromatic rings. The minimum atomic E-state index is 0.910. The first-order chi connectivity index (χ1) is 4.79. The van der Waals surface area contributed by atoms with Gasteiger partial charge in [0.2, 0.25) is 0 Å². The Bertz CT molecular complexity index is 89.6. The van der Waals surface area contributed by atoms with Gasteiger partial charge in [0.1, 0.15) is 0 Å². The van der Waals surface area contributed by atoms with Crippen LogP contribution in [0.1, 0.15) is 6.42 Å². The maximum Gasteiger partial charge on any atom is 0.0138 e. The molecule has 0 radical (unpaired) electrons. The number of hydrogen-bond donors (Lipinski definition) is 1. The Labute approximate surface area is 67.3 Å². The lowest BCUT2D eigenvalue weighted by Gasteiger charge is -2.14. The van der Waals surface area contributed by atoms with E-state index in [9.17, 15) is 0 Å². The molecule has 1 unspecified atom stereocenters. The Morgan fingerprint density at radius 2 is 2.40 bits per heavy atom. The highest BCUT2D eigenvalue weighted by Crippen LogP contribution is 2.22. The molecule has 60 valence electrons. The summed E-state index contributed by atoms with van der Waals surface area (Å²) in [7, 11) is 4.09. The lowest BCUT2D eigenvalue weighted by Crippen LogP contribution is -2.34. The van der Waals surface area contributed by atoms with E-state index in [1.807, 2.05) is 19.1 Å². The first-order valence-electron chi connectivity index (χ1n) is 3.77. The molecule has 0 bridgehead atoms. The Morgan fingerprint density at radius 3 is 2.90 bits per heavy atom. The van der Waals surface area contributed by atoms with Crippen molar-refractivity contribution in [3.8, 4) is 0 Å². The van der Waals surface area contributed by atoms with E-state index in [-0.39, 0.29) is 0 Å². The summed E-state index contributed by atoms with van der Waals surface area (Å²) in [5.41, 5.74) is 3.31. The van der Waals surface area contributed by atoms with Gasteiger partial charge >= 0.3 is 0 Å². The lowest BCUT2D eigenvalue weighted by atomic mass is 10.1.